The van der Waals surface area contributed by atoms with Crippen molar-refractivity contribution in [1.82, 2.24) is 0 Å². The van der Waals surface area contributed by atoms with Crippen LogP contribution < -0.4 is 10.6 Å². The number of alkyl halides is 3. The molecule has 0 aliphatic carbocycles. The first kappa shape index (κ1) is 18.5. The average molecular weight is 350 g/mol. The normalized spacial score (nSPS) is 11.0. The zero-order valence-electron chi connectivity index (χ0n) is 13.5. The fourth-order valence-corrected chi connectivity index (χ4v) is 2.19. The lowest BCUT2D eigenvalue weighted by Gasteiger charge is -2.09. The van der Waals surface area contributed by atoms with E-state index in [1.165, 1.54) is 24.3 Å². The number of rotatable bonds is 5. The van der Waals surface area contributed by atoms with Gasteiger partial charge in [0, 0.05) is 17.8 Å². The summed E-state index contributed by atoms with van der Waals surface area (Å²) < 4.78 is 36.5. The van der Waals surface area contributed by atoms with Crippen molar-refractivity contribution in [3.8, 4) is 0 Å². The van der Waals surface area contributed by atoms with E-state index >= 15 is 0 Å². The lowest BCUT2D eigenvalue weighted by Crippen LogP contribution is -2.29. The molecule has 2 N–H and O–H groups in total. The number of halogens is 3. The Morgan fingerprint density at radius 1 is 0.960 bits per heavy atom. The van der Waals surface area contributed by atoms with Gasteiger partial charge in [-0.3, -0.25) is 9.59 Å². The molecule has 0 saturated carbocycles. The Morgan fingerprint density at radius 2 is 1.56 bits per heavy atom. The van der Waals surface area contributed by atoms with Gasteiger partial charge in [0.1, 0.15) is 0 Å². The van der Waals surface area contributed by atoms with E-state index in [-0.39, 0.29) is 18.0 Å². The minimum atomic E-state index is -4.94. The maximum atomic E-state index is 12.2. The van der Waals surface area contributed by atoms with Crippen LogP contribution in [0.3, 0.4) is 0 Å². The van der Waals surface area contributed by atoms with E-state index in [1.807, 2.05) is 31.2 Å². The summed E-state index contributed by atoms with van der Waals surface area (Å²) in [6.07, 6.45) is -4.06. The minimum absolute atomic E-state index is 0.0000785. The molecule has 0 radical (unpaired) electrons. The summed E-state index contributed by atoms with van der Waals surface area (Å²) >= 11 is 0. The standard InChI is InChI=1S/C18H17F3N2O2/c1-12-3-2-4-13(11-12)5-10-16(24)22-14-6-8-15(9-7-14)23-17(25)18(19,20)21/h2-4,6-9,11H,5,10H2,1H3,(H,22,24)(H,23,25). The topological polar surface area (TPSA) is 58.2 Å². The van der Waals surface area contributed by atoms with Crippen LogP contribution in [0.1, 0.15) is 17.5 Å². The van der Waals surface area contributed by atoms with Gasteiger partial charge in [-0.1, -0.05) is 29.8 Å². The number of anilines is 2. The highest BCUT2D eigenvalue weighted by Gasteiger charge is 2.38. The Hall–Kier alpha value is -2.83. The van der Waals surface area contributed by atoms with Crippen LogP contribution in [0.2, 0.25) is 0 Å². The first-order valence-corrected chi connectivity index (χ1v) is 7.58. The molecule has 2 aromatic carbocycles. The third-order valence-corrected chi connectivity index (χ3v) is 3.41. The smallest absolute Gasteiger partial charge is 0.326 e. The molecular weight excluding hydrogens is 333 g/mol. The van der Waals surface area contributed by atoms with Gasteiger partial charge in [-0.2, -0.15) is 13.2 Å². The molecule has 0 aliphatic heterocycles. The van der Waals surface area contributed by atoms with Crippen molar-refractivity contribution in [1.29, 1.82) is 0 Å². The molecule has 7 heteroatoms. The summed E-state index contributed by atoms with van der Waals surface area (Å²) in [5, 5.41) is 4.40. The fourth-order valence-electron chi connectivity index (χ4n) is 2.19. The third kappa shape index (κ3) is 5.95. The number of aryl methyl sites for hydroxylation is 2. The van der Waals surface area contributed by atoms with Crippen molar-refractivity contribution < 1.29 is 22.8 Å². The molecule has 0 bridgehead atoms. The first-order valence-electron chi connectivity index (χ1n) is 7.58. The largest absolute Gasteiger partial charge is 0.471 e. The van der Waals surface area contributed by atoms with E-state index in [0.29, 0.717) is 12.1 Å². The fraction of sp³-hybridized carbons (Fsp3) is 0.222. The van der Waals surface area contributed by atoms with Crippen LogP contribution in [-0.2, 0) is 16.0 Å². The van der Waals surface area contributed by atoms with Gasteiger partial charge in [-0.25, -0.2) is 0 Å². The Balaban J connectivity index is 1.86. The summed E-state index contributed by atoms with van der Waals surface area (Å²) in [5.41, 5.74) is 2.62. The highest BCUT2D eigenvalue weighted by molar-refractivity contribution is 5.95. The maximum absolute atomic E-state index is 12.2. The van der Waals surface area contributed by atoms with E-state index in [0.717, 1.165) is 11.1 Å². The summed E-state index contributed by atoms with van der Waals surface area (Å²) in [4.78, 5) is 22.8. The molecule has 0 saturated heterocycles. The molecule has 0 aliphatic rings. The van der Waals surface area contributed by atoms with E-state index in [2.05, 4.69) is 5.32 Å². The zero-order valence-corrected chi connectivity index (χ0v) is 13.5. The number of hydrogen-bond donors (Lipinski definition) is 2. The van der Waals surface area contributed by atoms with E-state index in [1.54, 1.807) is 5.32 Å². The van der Waals surface area contributed by atoms with Gasteiger partial charge < -0.3 is 10.6 Å². The van der Waals surface area contributed by atoms with Crippen molar-refractivity contribution >= 4 is 23.2 Å². The lowest BCUT2D eigenvalue weighted by atomic mass is 10.1. The Bertz CT molecular complexity index is 756. The van der Waals surface area contributed by atoms with E-state index in [4.69, 9.17) is 0 Å². The van der Waals surface area contributed by atoms with Gasteiger partial charge in [-0.15, -0.1) is 0 Å². The van der Waals surface area contributed by atoms with E-state index < -0.39 is 12.1 Å². The molecule has 132 valence electrons. The van der Waals surface area contributed by atoms with Crippen LogP contribution in [0.4, 0.5) is 24.5 Å². The van der Waals surface area contributed by atoms with Crippen LogP contribution in [0.15, 0.2) is 48.5 Å². The molecule has 0 fully saturated rings. The van der Waals surface area contributed by atoms with Crippen molar-refractivity contribution in [3.63, 3.8) is 0 Å². The molecule has 2 rings (SSSR count). The molecule has 0 unspecified atom stereocenters. The second-order valence-corrected chi connectivity index (χ2v) is 5.57. The summed E-state index contributed by atoms with van der Waals surface area (Å²) in [5.74, 6) is -2.24. The predicted octanol–water partition coefficient (Wildman–Crippen LogP) is 4.07. The summed E-state index contributed by atoms with van der Waals surface area (Å²) in [6, 6.07) is 13.3. The van der Waals surface area contributed by atoms with Gasteiger partial charge in [0.25, 0.3) is 0 Å². The van der Waals surface area contributed by atoms with Crippen molar-refractivity contribution in [2.45, 2.75) is 25.9 Å². The molecule has 4 nitrogen and oxygen atoms in total. The molecule has 0 aromatic heterocycles. The van der Waals surface area contributed by atoms with Crippen molar-refractivity contribution in [2.24, 2.45) is 0 Å². The van der Waals surface area contributed by atoms with Gasteiger partial charge >= 0.3 is 12.1 Å². The maximum Gasteiger partial charge on any atom is 0.471 e. The zero-order chi connectivity index (χ0) is 18.4. The van der Waals surface area contributed by atoms with Crippen LogP contribution in [0.25, 0.3) is 0 Å². The Kier molecular flexibility index (Phi) is 5.80. The van der Waals surface area contributed by atoms with Crippen LogP contribution >= 0.6 is 0 Å². The van der Waals surface area contributed by atoms with Gasteiger partial charge in [0.15, 0.2) is 0 Å². The lowest BCUT2D eigenvalue weighted by molar-refractivity contribution is -0.167. The van der Waals surface area contributed by atoms with Crippen molar-refractivity contribution in [2.75, 3.05) is 10.6 Å². The highest BCUT2D eigenvalue weighted by Crippen LogP contribution is 2.19. The average Bonchev–Trinajstić information content (AvgIpc) is 2.54. The number of benzene rings is 2. The monoisotopic (exact) mass is 350 g/mol. The van der Waals surface area contributed by atoms with Crippen molar-refractivity contribution in [3.05, 3.63) is 59.7 Å². The number of hydrogen-bond acceptors (Lipinski definition) is 2. The Morgan fingerprint density at radius 3 is 2.12 bits per heavy atom. The summed E-state index contributed by atoms with van der Waals surface area (Å²) in [6.45, 7) is 1.97. The molecule has 2 amide bonds. The minimum Gasteiger partial charge on any atom is -0.326 e. The first-order chi connectivity index (χ1) is 11.7. The second-order valence-electron chi connectivity index (χ2n) is 5.57. The van der Waals surface area contributed by atoms with Crippen LogP contribution in [0.5, 0.6) is 0 Å². The third-order valence-electron chi connectivity index (χ3n) is 3.41. The quantitative estimate of drug-likeness (QED) is 0.854. The SMILES string of the molecule is Cc1cccc(CCC(=O)Nc2ccc(NC(=O)C(F)(F)F)cc2)c1. The van der Waals surface area contributed by atoms with Crippen LogP contribution in [0, 0.1) is 6.92 Å². The molecule has 0 atom stereocenters. The molecular formula is C18H17F3N2O2. The van der Waals surface area contributed by atoms with Crippen LogP contribution in [-0.4, -0.2) is 18.0 Å². The van der Waals surface area contributed by atoms with Gasteiger partial charge in [0.05, 0.1) is 0 Å². The van der Waals surface area contributed by atoms with E-state index in [9.17, 15) is 22.8 Å². The molecule has 25 heavy (non-hydrogen) atoms. The Labute approximate surface area is 143 Å². The highest BCUT2D eigenvalue weighted by atomic mass is 19.4. The molecule has 0 spiro atoms. The number of nitrogens with one attached hydrogen (secondary N) is 2. The second kappa shape index (κ2) is 7.83. The molecule has 0 heterocycles. The predicted molar refractivity (Wildman–Crippen MR) is 89.3 cm³/mol. The number of carbonyl (C=O) groups excluding carboxylic acids is 2. The number of carbonyl (C=O) groups is 2. The van der Waals surface area contributed by atoms with Gasteiger partial charge in [-0.05, 0) is 43.2 Å². The summed E-state index contributed by atoms with van der Waals surface area (Å²) in [7, 11) is 0. The molecule has 2 aromatic rings. The van der Waals surface area contributed by atoms with Gasteiger partial charge in [0.2, 0.25) is 5.91 Å². The number of amides is 2.